The molecule has 0 radical (unpaired) electrons. The summed E-state index contributed by atoms with van der Waals surface area (Å²) in [5.41, 5.74) is -4.97. The number of aromatic nitrogens is 4. The number of aromatic amines is 3. The standard InChI is InChI=1S/C10H11F3N2O5.C9H11ClN4O2/c11-10(12,13)4-2-15(9(19)14-8(4)18)7-1-5(17)6(3-16)20-7;10-7-5(12-9(16)13-8(7)15)4-14-3-1-2-6(14)11/h2,5-7,16-17H,1,3H2,(H,14,18,19);11H,1-4H2,(H2,12,13,15,16)/t5-,6+,7+;/m0./s1. The maximum absolute atomic E-state index is 12.6. The highest BCUT2D eigenvalue weighted by Gasteiger charge is 2.38. The number of halogens is 4. The molecule has 0 spiro atoms. The number of hydrogen-bond donors (Lipinski definition) is 6. The van der Waals surface area contributed by atoms with E-state index in [1.54, 1.807) is 9.88 Å². The summed E-state index contributed by atoms with van der Waals surface area (Å²) in [6, 6.07) is 0. The molecule has 198 valence electrons. The zero-order valence-corrected chi connectivity index (χ0v) is 19.1. The van der Waals surface area contributed by atoms with Crippen LogP contribution in [0.15, 0.2) is 25.4 Å². The Morgan fingerprint density at radius 1 is 1.17 bits per heavy atom. The molecule has 0 aromatic carbocycles. The molecule has 0 amide bonds. The third-order valence-electron chi connectivity index (χ3n) is 5.50. The third-order valence-corrected chi connectivity index (χ3v) is 5.90. The number of nitrogens with zero attached hydrogens (tertiary/aromatic N) is 2. The number of likely N-dealkylation sites (tertiary alicyclic amines) is 1. The van der Waals surface area contributed by atoms with Crippen LogP contribution in [0, 0.1) is 5.41 Å². The molecule has 2 aromatic heterocycles. The Hall–Kier alpha value is -3.21. The van der Waals surface area contributed by atoms with Gasteiger partial charge in [-0.1, -0.05) is 11.6 Å². The maximum Gasteiger partial charge on any atom is 0.423 e. The van der Waals surface area contributed by atoms with Crippen LogP contribution >= 0.6 is 11.6 Å². The fraction of sp³-hybridized carbons (Fsp3) is 0.526. The first-order chi connectivity index (χ1) is 16.8. The quantitative estimate of drug-likeness (QED) is 0.299. The number of alkyl halides is 3. The van der Waals surface area contributed by atoms with Gasteiger partial charge in [0, 0.05) is 25.6 Å². The van der Waals surface area contributed by atoms with Gasteiger partial charge in [-0.25, -0.2) is 9.59 Å². The lowest BCUT2D eigenvalue weighted by Crippen LogP contribution is -2.36. The molecule has 3 atom stereocenters. The Bertz CT molecular complexity index is 1350. The molecule has 36 heavy (non-hydrogen) atoms. The van der Waals surface area contributed by atoms with Gasteiger partial charge in [0.1, 0.15) is 22.9 Å². The average Bonchev–Trinajstić information content (AvgIpc) is 3.36. The summed E-state index contributed by atoms with van der Waals surface area (Å²) in [5, 5.41) is 26.0. The summed E-state index contributed by atoms with van der Waals surface area (Å²) < 4.78 is 43.4. The van der Waals surface area contributed by atoms with E-state index in [-0.39, 0.29) is 11.4 Å². The second kappa shape index (κ2) is 10.8. The lowest BCUT2D eigenvalue weighted by Gasteiger charge is -2.17. The van der Waals surface area contributed by atoms with Crippen LogP contribution in [-0.2, 0) is 17.5 Å². The Morgan fingerprint density at radius 3 is 2.42 bits per heavy atom. The number of aliphatic hydroxyl groups is 2. The summed E-state index contributed by atoms with van der Waals surface area (Å²) in [7, 11) is 0. The summed E-state index contributed by atoms with van der Waals surface area (Å²) in [4.78, 5) is 52.8. The molecule has 6 N–H and O–H groups in total. The Morgan fingerprint density at radius 2 is 1.86 bits per heavy atom. The molecule has 4 rings (SSSR count). The third kappa shape index (κ3) is 6.13. The first-order valence-corrected chi connectivity index (χ1v) is 10.9. The number of rotatable bonds is 4. The van der Waals surface area contributed by atoms with Crippen molar-refractivity contribution in [1.82, 2.24) is 24.4 Å². The van der Waals surface area contributed by atoms with Crippen molar-refractivity contribution >= 4 is 17.4 Å². The van der Waals surface area contributed by atoms with Gasteiger partial charge in [-0.3, -0.25) is 29.5 Å². The lowest BCUT2D eigenvalue weighted by atomic mass is 10.2. The predicted octanol–water partition coefficient (Wildman–Crippen LogP) is -0.514. The van der Waals surface area contributed by atoms with Crippen molar-refractivity contribution in [3.8, 4) is 0 Å². The minimum atomic E-state index is -4.92. The summed E-state index contributed by atoms with van der Waals surface area (Å²) in [5.74, 6) is 0.511. The number of hydrogen-bond acceptors (Lipinski definition) is 8. The zero-order valence-electron chi connectivity index (χ0n) is 18.4. The first kappa shape index (κ1) is 27.4. The van der Waals surface area contributed by atoms with Gasteiger partial charge in [0.15, 0.2) is 0 Å². The van der Waals surface area contributed by atoms with Gasteiger partial charge in [-0.2, -0.15) is 13.2 Å². The average molecular weight is 539 g/mol. The molecule has 4 heterocycles. The van der Waals surface area contributed by atoms with E-state index in [4.69, 9.17) is 26.9 Å². The van der Waals surface area contributed by atoms with Crippen molar-refractivity contribution in [2.45, 2.75) is 50.4 Å². The van der Waals surface area contributed by atoms with E-state index in [0.29, 0.717) is 28.8 Å². The molecule has 0 bridgehead atoms. The van der Waals surface area contributed by atoms with Gasteiger partial charge in [0.2, 0.25) is 0 Å². The molecule has 2 aliphatic heterocycles. The van der Waals surface area contributed by atoms with E-state index in [0.717, 1.165) is 19.4 Å². The van der Waals surface area contributed by atoms with E-state index >= 15 is 0 Å². The SMILES string of the molecule is N=C1CCCN1Cc1[nH]c(=O)[nH]c(=O)c1Cl.O=c1[nH]c(=O)n([C@H]2C[C@H](O)[C@@H](CO)O2)cc1C(F)(F)F. The van der Waals surface area contributed by atoms with Crippen LogP contribution in [0.3, 0.4) is 0 Å². The normalized spacial score (nSPS) is 22.0. The minimum absolute atomic E-state index is 0.0145. The van der Waals surface area contributed by atoms with Crippen molar-refractivity contribution in [2.24, 2.45) is 0 Å². The van der Waals surface area contributed by atoms with Crippen molar-refractivity contribution in [3.63, 3.8) is 0 Å². The van der Waals surface area contributed by atoms with Crippen LogP contribution in [0.5, 0.6) is 0 Å². The molecule has 2 fully saturated rings. The number of ether oxygens (including phenoxy) is 1. The highest BCUT2D eigenvalue weighted by atomic mass is 35.5. The molecule has 17 heteroatoms. The van der Waals surface area contributed by atoms with Crippen LogP contribution in [0.25, 0.3) is 0 Å². The molecule has 2 aromatic rings. The van der Waals surface area contributed by atoms with Crippen molar-refractivity contribution in [3.05, 3.63) is 64.2 Å². The number of aliphatic hydroxyl groups excluding tert-OH is 2. The van der Waals surface area contributed by atoms with Crippen LogP contribution in [0.4, 0.5) is 13.2 Å². The second-order valence-corrected chi connectivity index (χ2v) is 8.37. The Kier molecular flexibility index (Phi) is 8.22. The summed E-state index contributed by atoms with van der Waals surface area (Å²) >= 11 is 5.78. The monoisotopic (exact) mass is 538 g/mol. The van der Waals surface area contributed by atoms with E-state index in [2.05, 4.69) is 4.98 Å². The highest BCUT2D eigenvalue weighted by molar-refractivity contribution is 6.31. The highest BCUT2D eigenvalue weighted by Crippen LogP contribution is 2.30. The van der Waals surface area contributed by atoms with Gasteiger partial charge in [0.25, 0.3) is 11.1 Å². The topological polar surface area (TPSA) is 197 Å². The van der Waals surface area contributed by atoms with Crippen LogP contribution < -0.4 is 22.5 Å². The number of amidine groups is 1. The van der Waals surface area contributed by atoms with Crippen LogP contribution in [0.1, 0.15) is 36.7 Å². The molecule has 2 aliphatic rings. The number of nitrogens with one attached hydrogen (secondary N) is 4. The minimum Gasteiger partial charge on any atom is -0.394 e. The molecule has 0 aliphatic carbocycles. The van der Waals surface area contributed by atoms with Gasteiger partial charge >= 0.3 is 17.6 Å². The van der Waals surface area contributed by atoms with Crippen molar-refractivity contribution in [1.29, 1.82) is 5.41 Å². The van der Waals surface area contributed by atoms with E-state index < -0.39 is 59.3 Å². The molecule has 0 unspecified atom stereocenters. The fourth-order valence-electron chi connectivity index (χ4n) is 3.67. The number of H-pyrrole nitrogens is 3. The van der Waals surface area contributed by atoms with E-state index in [1.807, 2.05) is 4.98 Å². The van der Waals surface area contributed by atoms with Crippen LogP contribution in [0.2, 0.25) is 5.02 Å². The van der Waals surface area contributed by atoms with E-state index in [9.17, 15) is 37.5 Å². The van der Waals surface area contributed by atoms with E-state index in [1.165, 1.54) is 0 Å². The Labute approximate surface area is 203 Å². The molecule has 13 nitrogen and oxygen atoms in total. The molecule has 2 saturated heterocycles. The fourth-order valence-corrected chi connectivity index (χ4v) is 3.83. The van der Waals surface area contributed by atoms with Gasteiger partial charge in [-0.15, -0.1) is 0 Å². The molecular formula is C19H22ClF3N6O7. The summed E-state index contributed by atoms with van der Waals surface area (Å²) in [6.07, 6.45) is -6.39. The Balaban J connectivity index is 0.000000205. The van der Waals surface area contributed by atoms with Gasteiger partial charge in [-0.05, 0) is 6.42 Å². The summed E-state index contributed by atoms with van der Waals surface area (Å²) in [6.45, 7) is 0.517. The van der Waals surface area contributed by atoms with Gasteiger partial charge < -0.3 is 24.8 Å². The smallest absolute Gasteiger partial charge is 0.394 e. The predicted molar refractivity (Wildman–Crippen MR) is 118 cm³/mol. The largest absolute Gasteiger partial charge is 0.423 e. The second-order valence-electron chi connectivity index (χ2n) is 7.99. The lowest BCUT2D eigenvalue weighted by molar-refractivity contribution is -0.139. The molecular weight excluding hydrogens is 517 g/mol. The van der Waals surface area contributed by atoms with Crippen molar-refractivity contribution < 1.29 is 28.1 Å². The maximum atomic E-state index is 12.6. The zero-order chi connectivity index (χ0) is 26.8. The first-order valence-electron chi connectivity index (χ1n) is 10.5. The van der Waals surface area contributed by atoms with Gasteiger partial charge in [0.05, 0.1) is 30.8 Å². The van der Waals surface area contributed by atoms with Crippen LogP contribution in [-0.4, -0.2) is 65.8 Å². The molecule has 0 saturated carbocycles. The van der Waals surface area contributed by atoms with Crippen molar-refractivity contribution in [2.75, 3.05) is 13.2 Å².